The van der Waals surface area contributed by atoms with Crippen LogP contribution in [0.4, 0.5) is 23.0 Å². The number of morpholine rings is 1. The van der Waals surface area contributed by atoms with E-state index in [0.29, 0.717) is 23.7 Å². The summed E-state index contributed by atoms with van der Waals surface area (Å²) in [6.45, 7) is 4.95. The lowest BCUT2D eigenvalue weighted by Crippen LogP contribution is -2.37. The van der Waals surface area contributed by atoms with Crippen molar-refractivity contribution in [3.63, 3.8) is 0 Å². The van der Waals surface area contributed by atoms with Gasteiger partial charge in [0.05, 0.1) is 18.1 Å². The molecule has 0 saturated carbocycles. The highest BCUT2D eigenvalue weighted by Crippen LogP contribution is 2.37. The van der Waals surface area contributed by atoms with E-state index in [9.17, 15) is 10.1 Å². The Morgan fingerprint density at radius 3 is 2.76 bits per heavy atom. The Morgan fingerprint density at radius 2 is 1.93 bits per heavy atom. The van der Waals surface area contributed by atoms with E-state index in [1.54, 1.807) is 18.2 Å². The average molecular weight is 402 g/mol. The van der Waals surface area contributed by atoms with Gasteiger partial charge in [0.25, 0.3) is 0 Å². The van der Waals surface area contributed by atoms with Crippen molar-refractivity contribution in [3.05, 3.63) is 34.6 Å². The summed E-state index contributed by atoms with van der Waals surface area (Å²) in [5.41, 5.74) is 0.408. The average Bonchev–Trinajstić information content (AvgIpc) is 3.20. The van der Waals surface area contributed by atoms with Crippen LogP contribution in [0.5, 0.6) is 11.5 Å². The zero-order valence-corrected chi connectivity index (χ0v) is 15.8. The third kappa shape index (κ3) is 4.63. The van der Waals surface area contributed by atoms with Crippen LogP contribution in [-0.2, 0) is 4.74 Å². The van der Waals surface area contributed by atoms with E-state index in [0.717, 1.165) is 39.3 Å². The molecule has 11 heteroatoms. The molecule has 1 saturated heterocycles. The van der Waals surface area contributed by atoms with Gasteiger partial charge in [-0.15, -0.1) is 0 Å². The molecule has 0 amide bonds. The molecule has 4 rings (SSSR count). The minimum absolute atomic E-state index is 0.111. The molecule has 0 unspecified atom stereocenters. The number of nitrogens with zero attached hydrogens (tertiary/aromatic N) is 4. The summed E-state index contributed by atoms with van der Waals surface area (Å²) in [6, 6.07) is 5.20. The highest BCUT2D eigenvalue weighted by Gasteiger charge is 2.24. The van der Waals surface area contributed by atoms with Crippen LogP contribution in [0.1, 0.15) is 6.42 Å². The van der Waals surface area contributed by atoms with Gasteiger partial charge in [0.1, 0.15) is 6.33 Å². The molecule has 2 N–H and O–H groups in total. The first kappa shape index (κ1) is 19.2. The van der Waals surface area contributed by atoms with Crippen molar-refractivity contribution < 1.29 is 19.1 Å². The van der Waals surface area contributed by atoms with Crippen LogP contribution in [0.15, 0.2) is 24.5 Å². The number of hydrogen-bond acceptors (Lipinski definition) is 10. The summed E-state index contributed by atoms with van der Waals surface area (Å²) in [5, 5.41) is 17.7. The number of ether oxygens (including phenoxy) is 3. The molecule has 1 aromatic carbocycles. The van der Waals surface area contributed by atoms with E-state index in [-0.39, 0.29) is 24.1 Å². The summed E-state index contributed by atoms with van der Waals surface area (Å²) >= 11 is 0. The predicted octanol–water partition coefficient (Wildman–Crippen LogP) is 1.99. The molecule has 11 nitrogen and oxygen atoms in total. The number of nitrogens with one attached hydrogen (secondary N) is 2. The van der Waals surface area contributed by atoms with E-state index in [2.05, 4.69) is 25.5 Å². The fourth-order valence-electron chi connectivity index (χ4n) is 3.22. The van der Waals surface area contributed by atoms with Crippen LogP contribution >= 0.6 is 0 Å². The van der Waals surface area contributed by atoms with Gasteiger partial charge in [-0.25, -0.2) is 9.97 Å². The van der Waals surface area contributed by atoms with Gasteiger partial charge in [-0.3, -0.25) is 15.0 Å². The molecular formula is C18H22N6O5. The number of hydrogen-bond donors (Lipinski definition) is 2. The zero-order chi connectivity index (χ0) is 20.1. The number of benzene rings is 1. The second-order valence-corrected chi connectivity index (χ2v) is 6.60. The summed E-state index contributed by atoms with van der Waals surface area (Å²) in [5.74, 6) is 1.51. The molecule has 0 aliphatic carbocycles. The number of nitro groups is 1. The largest absolute Gasteiger partial charge is 0.454 e. The second kappa shape index (κ2) is 8.88. The Balaban J connectivity index is 1.42. The number of rotatable bonds is 8. The molecule has 0 atom stereocenters. The lowest BCUT2D eigenvalue weighted by molar-refractivity contribution is -0.383. The highest BCUT2D eigenvalue weighted by atomic mass is 16.7. The fraction of sp³-hybridized carbons (Fsp3) is 0.444. The molecule has 3 heterocycles. The Bertz CT molecular complexity index is 874. The van der Waals surface area contributed by atoms with Crippen LogP contribution in [-0.4, -0.2) is 66.0 Å². The van der Waals surface area contributed by atoms with E-state index in [1.165, 1.54) is 6.33 Å². The SMILES string of the molecule is O=[N+]([O-])c1c(NCCCN2CCOCC2)ncnc1Nc1ccc2c(c1)OCO2. The van der Waals surface area contributed by atoms with Crippen molar-refractivity contribution in [2.24, 2.45) is 0 Å². The monoisotopic (exact) mass is 402 g/mol. The van der Waals surface area contributed by atoms with Gasteiger partial charge in [-0.05, 0) is 25.1 Å². The maximum atomic E-state index is 11.7. The van der Waals surface area contributed by atoms with E-state index in [1.807, 2.05) is 0 Å². The van der Waals surface area contributed by atoms with E-state index >= 15 is 0 Å². The van der Waals surface area contributed by atoms with Gasteiger partial charge in [-0.2, -0.15) is 0 Å². The van der Waals surface area contributed by atoms with Gasteiger partial charge < -0.3 is 24.8 Å². The van der Waals surface area contributed by atoms with Gasteiger partial charge in [0.15, 0.2) is 11.5 Å². The molecule has 2 aliphatic heterocycles. The van der Waals surface area contributed by atoms with Crippen molar-refractivity contribution in [2.75, 3.05) is 56.8 Å². The molecule has 0 bridgehead atoms. The van der Waals surface area contributed by atoms with Crippen LogP contribution in [0.3, 0.4) is 0 Å². The standard InChI is InChI=1S/C18H22N6O5/c25-24(26)16-17(19-4-1-5-23-6-8-27-9-7-23)20-11-21-18(16)22-13-2-3-14-15(10-13)29-12-28-14/h2-3,10-11H,1,4-9,12H2,(H2,19,20,21,22). The van der Waals surface area contributed by atoms with Crippen LogP contribution in [0, 0.1) is 10.1 Å². The minimum atomic E-state index is -0.486. The van der Waals surface area contributed by atoms with Gasteiger partial charge >= 0.3 is 5.69 Å². The van der Waals surface area contributed by atoms with Crippen molar-refractivity contribution >= 4 is 23.0 Å². The van der Waals surface area contributed by atoms with Crippen LogP contribution < -0.4 is 20.1 Å². The lowest BCUT2D eigenvalue weighted by atomic mass is 10.2. The van der Waals surface area contributed by atoms with Crippen molar-refractivity contribution in [1.29, 1.82) is 0 Å². The molecular weight excluding hydrogens is 380 g/mol. The summed E-state index contributed by atoms with van der Waals surface area (Å²) in [7, 11) is 0. The smallest absolute Gasteiger partial charge is 0.353 e. The molecule has 1 aromatic heterocycles. The Labute approximate surface area is 167 Å². The maximum Gasteiger partial charge on any atom is 0.353 e. The topological polar surface area (TPSA) is 124 Å². The predicted molar refractivity (Wildman–Crippen MR) is 105 cm³/mol. The molecule has 154 valence electrons. The Hall–Kier alpha value is -3.18. The van der Waals surface area contributed by atoms with Crippen molar-refractivity contribution in [3.8, 4) is 11.5 Å². The van der Waals surface area contributed by atoms with E-state index in [4.69, 9.17) is 14.2 Å². The molecule has 29 heavy (non-hydrogen) atoms. The fourth-order valence-corrected chi connectivity index (χ4v) is 3.22. The quantitative estimate of drug-likeness (QED) is 0.385. The number of anilines is 3. The molecule has 2 aliphatic rings. The number of aromatic nitrogens is 2. The highest BCUT2D eigenvalue weighted by molar-refractivity contribution is 5.74. The van der Waals surface area contributed by atoms with E-state index < -0.39 is 4.92 Å². The van der Waals surface area contributed by atoms with Gasteiger partial charge in [-0.1, -0.05) is 0 Å². The van der Waals surface area contributed by atoms with Crippen LogP contribution in [0.2, 0.25) is 0 Å². The van der Waals surface area contributed by atoms with Crippen molar-refractivity contribution in [2.45, 2.75) is 6.42 Å². The normalized spacial score (nSPS) is 15.9. The molecule has 2 aromatic rings. The lowest BCUT2D eigenvalue weighted by Gasteiger charge is -2.26. The van der Waals surface area contributed by atoms with Gasteiger partial charge in [0.2, 0.25) is 18.4 Å². The third-order valence-corrected chi connectivity index (χ3v) is 4.69. The third-order valence-electron chi connectivity index (χ3n) is 4.69. The molecule has 0 radical (unpaired) electrons. The zero-order valence-electron chi connectivity index (χ0n) is 15.8. The second-order valence-electron chi connectivity index (χ2n) is 6.60. The first-order chi connectivity index (χ1) is 14.2. The molecule has 1 fully saturated rings. The number of fused-ring (bicyclic) bond motifs is 1. The van der Waals surface area contributed by atoms with Crippen molar-refractivity contribution in [1.82, 2.24) is 14.9 Å². The Kier molecular flexibility index (Phi) is 5.86. The maximum absolute atomic E-state index is 11.7. The summed E-state index contributed by atoms with van der Waals surface area (Å²) in [6.07, 6.45) is 2.14. The first-order valence-corrected chi connectivity index (χ1v) is 9.41. The Morgan fingerprint density at radius 1 is 1.14 bits per heavy atom. The summed E-state index contributed by atoms with van der Waals surface area (Å²) in [4.78, 5) is 21.6. The first-order valence-electron chi connectivity index (χ1n) is 9.41. The van der Waals surface area contributed by atoms with Gasteiger partial charge in [0, 0.05) is 31.4 Å². The van der Waals surface area contributed by atoms with Crippen LogP contribution in [0.25, 0.3) is 0 Å². The summed E-state index contributed by atoms with van der Waals surface area (Å²) < 4.78 is 16.0. The molecule has 0 spiro atoms. The minimum Gasteiger partial charge on any atom is -0.454 e.